The van der Waals surface area contributed by atoms with Crippen molar-refractivity contribution >= 4 is 34.9 Å². The minimum atomic E-state index is -4.25. The number of pyridine rings is 1. The van der Waals surface area contributed by atoms with Crippen LogP contribution in [-0.4, -0.2) is 105 Å². The molecule has 12 nitrogen and oxygen atoms in total. The van der Waals surface area contributed by atoms with Gasteiger partial charge in [-0.1, -0.05) is 26.0 Å². The SMILES string of the molecule is CCc1cccnc1C(=O)N1CCN(c2c(CC)n(CC=O)c3nc(C4=CCN(CC(F)F)CC4)nn3c2=O)CC1.CNc1ccc(C(F)(F)F)cc1C. The number of fused-ring (bicyclic) bond motifs is 1. The van der Waals surface area contributed by atoms with Gasteiger partial charge in [-0.2, -0.15) is 22.7 Å². The summed E-state index contributed by atoms with van der Waals surface area (Å²) in [5.41, 5.74) is 3.61. The molecule has 0 aliphatic carbocycles. The van der Waals surface area contributed by atoms with Gasteiger partial charge >= 0.3 is 6.18 Å². The lowest BCUT2D eigenvalue weighted by Gasteiger charge is -2.36. The number of hydrogen-bond acceptors (Lipinski definition) is 9. The minimum Gasteiger partial charge on any atom is -0.388 e. The molecule has 1 saturated heterocycles. The molecule has 2 aliphatic rings. The molecule has 1 aromatic carbocycles. The molecule has 0 spiro atoms. The van der Waals surface area contributed by atoms with Gasteiger partial charge in [0.15, 0.2) is 5.82 Å². The first-order valence-corrected chi connectivity index (χ1v) is 17.8. The maximum Gasteiger partial charge on any atom is 0.416 e. The van der Waals surface area contributed by atoms with Crippen LogP contribution >= 0.6 is 0 Å². The molecule has 1 fully saturated rings. The number of piperazine rings is 1. The van der Waals surface area contributed by atoms with Crippen LogP contribution in [0.2, 0.25) is 0 Å². The summed E-state index contributed by atoms with van der Waals surface area (Å²) in [6.07, 6.45) is -0.793. The highest BCUT2D eigenvalue weighted by molar-refractivity contribution is 5.94. The van der Waals surface area contributed by atoms with Gasteiger partial charge in [-0.05, 0) is 67.2 Å². The summed E-state index contributed by atoms with van der Waals surface area (Å²) in [5.74, 6) is 0.500. The van der Waals surface area contributed by atoms with Crippen molar-refractivity contribution in [2.45, 2.75) is 59.2 Å². The molecule has 4 aromatic rings. The van der Waals surface area contributed by atoms with Crippen LogP contribution in [0.3, 0.4) is 0 Å². The van der Waals surface area contributed by atoms with E-state index in [4.69, 9.17) is 0 Å². The van der Waals surface area contributed by atoms with Crippen LogP contribution in [0.4, 0.5) is 33.3 Å². The summed E-state index contributed by atoms with van der Waals surface area (Å²) in [5, 5.41) is 7.33. The third kappa shape index (κ3) is 8.77. The van der Waals surface area contributed by atoms with E-state index in [0.717, 1.165) is 29.6 Å². The first-order chi connectivity index (χ1) is 25.8. The fraction of sp³-hybridized carbons (Fsp3) is 0.459. The first-order valence-electron chi connectivity index (χ1n) is 17.8. The lowest BCUT2D eigenvalue weighted by atomic mass is 10.1. The number of hydrogen-bond donors (Lipinski definition) is 1. The van der Waals surface area contributed by atoms with Gasteiger partial charge in [0.05, 0.1) is 24.3 Å². The Bertz CT molecular complexity index is 2050. The topological polar surface area (TPSA) is 121 Å². The van der Waals surface area contributed by atoms with Crippen molar-refractivity contribution < 1.29 is 31.5 Å². The minimum absolute atomic E-state index is 0.00276. The molecule has 3 aromatic heterocycles. The number of nitrogens with one attached hydrogen (secondary N) is 1. The second-order valence-electron chi connectivity index (χ2n) is 12.9. The van der Waals surface area contributed by atoms with Gasteiger partial charge in [-0.15, -0.1) is 5.10 Å². The highest BCUT2D eigenvalue weighted by atomic mass is 19.4. The Labute approximate surface area is 309 Å². The predicted molar refractivity (Wildman–Crippen MR) is 195 cm³/mol. The van der Waals surface area contributed by atoms with Gasteiger partial charge in [0.25, 0.3) is 17.9 Å². The van der Waals surface area contributed by atoms with E-state index in [1.807, 2.05) is 37.0 Å². The second kappa shape index (κ2) is 17.3. The number of carbonyl (C=O) groups excluding carboxylic acids is 2. The molecule has 0 atom stereocenters. The zero-order chi connectivity index (χ0) is 39.2. The van der Waals surface area contributed by atoms with E-state index >= 15 is 0 Å². The molecule has 5 heterocycles. The van der Waals surface area contributed by atoms with Gasteiger partial charge in [0.2, 0.25) is 5.78 Å². The number of carbonyl (C=O) groups is 2. The van der Waals surface area contributed by atoms with Gasteiger partial charge < -0.3 is 24.5 Å². The molecule has 6 rings (SSSR count). The van der Waals surface area contributed by atoms with Gasteiger partial charge in [-0.3, -0.25) is 19.5 Å². The van der Waals surface area contributed by atoms with Crippen molar-refractivity contribution in [3.8, 4) is 0 Å². The summed E-state index contributed by atoms with van der Waals surface area (Å²) in [6.45, 7) is 7.73. The summed E-state index contributed by atoms with van der Waals surface area (Å²) in [4.78, 5) is 53.1. The Morgan fingerprint density at radius 1 is 1.06 bits per heavy atom. The van der Waals surface area contributed by atoms with E-state index in [1.54, 1.807) is 34.5 Å². The van der Waals surface area contributed by atoms with Crippen LogP contribution in [0.25, 0.3) is 11.4 Å². The number of halogens is 5. The number of nitrogens with zero attached hydrogens (tertiary/aromatic N) is 8. The average molecular weight is 758 g/mol. The van der Waals surface area contributed by atoms with E-state index in [0.29, 0.717) is 92.7 Å². The van der Waals surface area contributed by atoms with Crippen molar-refractivity contribution in [2.75, 3.05) is 63.1 Å². The van der Waals surface area contributed by atoms with Gasteiger partial charge in [0, 0.05) is 58.2 Å². The number of rotatable bonds is 10. The highest BCUT2D eigenvalue weighted by Gasteiger charge is 2.31. The Hall–Kier alpha value is -5.19. The molecule has 1 amide bonds. The largest absolute Gasteiger partial charge is 0.416 e. The zero-order valence-corrected chi connectivity index (χ0v) is 30.7. The van der Waals surface area contributed by atoms with Crippen LogP contribution in [0.1, 0.15) is 59.0 Å². The molecule has 2 aliphatic heterocycles. The number of aldehydes is 1. The normalized spacial score (nSPS) is 15.3. The number of aryl methyl sites for hydroxylation is 2. The maximum absolute atomic E-state index is 13.9. The fourth-order valence-corrected chi connectivity index (χ4v) is 6.76. The average Bonchev–Trinajstić information content (AvgIpc) is 3.61. The first kappa shape index (κ1) is 40.0. The van der Waals surface area contributed by atoms with Crippen LogP contribution in [-0.2, 0) is 30.4 Å². The predicted octanol–water partition coefficient (Wildman–Crippen LogP) is 4.98. The van der Waals surface area contributed by atoms with Gasteiger partial charge in [-0.25, -0.2) is 8.78 Å². The maximum atomic E-state index is 13.9. The monoisotopic (exact) mass is 757 g/mol. The fourth-order valence-electron chi connectivity index (χ4n) is 6.76. The number of amides is 1. The molecule has 0 bridgehead atoms. The van der Waals surface area contributed by atoms with E-state index in [9.17, 15) is 36.3 Å². The molecule has 0 radical (unpaired) electrons. The van der Waals surface area contributed by atoms with Crippen molar-refractivity contribution in [1.29, 1.82) is 0 Å². The lowest BCUT2D eigenvalue weighted by molar-refractivity contribution is -0.137. The Balaban J connectivity index is 0.000000365. The Kier molecular flexibility index (Phi) is 12.8. The van der Waals surface area contributed by atoms with Crippen molar-refractivity contribution in [2.24, 2.45) is 0 Å². The summed E-state index contributed by atoms with van der Waals surface area (Å²) < 4.78 is 65.1. The number of aromatic nitrogens is 5. The molecule has 0 unspecified atom stereocenters. The standard InChI is InChI=1S/C28H34F2N8O3.C9H10F3N/c1-3-19-6-5-9-31-23(19)26(40)36-14-12-35(13-15-36)24-21(4-2)37(16-17-39)28-32-25(33-38(28)27(24)41)20-7-10-34(11-8-20)18-22(29)30;1-6-5-7(9(10,11)12)3-4-8(6)13-2/h5-7,9,17,22H,3-4,8,10-16,18H2,1-2H3;3-5,13H,1-2H3. The smallest absolute Gasteiger partial charge is 0.388 e. The lowest BCUT2D eigenvalue weighted by Crippen LogP contribution is -2.51. The number of alkyl halides is 5. The van der Waals surface area contributed by atoms with Crippen LogP contribution < -0.4 is 15.8 Å². The molecule has 17 heteroatoms. The van der Waals surface area contributed by atoms with E-state index in [1.165, 1.54) is 10.6 Å². The number of benzene rings is 1. The van der Waals surface area contributed by atoms with Crippen molar-refractivity contribution in [3.63, 3.8) is 0 Å². The van der Waals surface area contributed by atoms with Crippen LogP contribution in [0.5, 0.6) is 0 Å². The van der Waals surface area contributed by atoms with E-state index in [-0.39, 0.29) is 30.3 Å². The molecular formula is C37H44F5N9O3. The molecule has 54 heavy (non-hydrogen) atoms. The highest BCUT2D eigenvalue weighted by Crippen LogP contribution is 2.31. The Morgan fingerprint density at radius 2 is 1.80 bits per heavy atom. The molecular weight excluding hydrogens is 713 g/mol. The third-order valence-corrected chi connectivity index (χ3v) is 9.58. The summed E-state index contributed by atoms with van der Waals surface area (Å²) in [7, 11) is 1.68. The van der Waals surface area contributed by atoms with E-state index in [2.05, 4.69) is 20.4 Å². The molecule has 0 saturated carbocycles. The van der Waals surface area contributed by atoms with Crippen molar-refractivity contribution in [1.82, 2.24) is 33.9 Å². The second-order valence-corrected chi connectivity index (χ2v) is 12.9. The van der Waals surface area contributed by atoms with E-state index < -0.39 is 18.2 Å². The summed E-state index contributed by atoms with van der Waals surface area (Å²) >= 11 is 0. The number of anilines is 2. The molecule has 1 N–H and O–H groups in total. The third-order valence-electron chi connectivity index (χ3n) is 9.58. The summed E-state index contributed by atoms with van der Waals surface area (Å²) in [6, 6.07) is 7.36. The quantitative estimate of drug-likeness (QED) is 0.177. The van der Waals surface area contributed by atoms with Crippen molar-refractivity contribution in [3.05, 3.63) is 86.9 Å². The zero-order valence-electron chi connectivity index (χ0n) is 30.7. The Morgan fingerprint density at radius 3 is 2.37 bits per heavy atom. The van der Waals surface area contributed by atoms with Gasteiger partial charge in [0.1, 0.15) is 17.7 Å². The van der Waals surface area contributed by atoms with Crippen LogP contribution in [0.15, 0.2) is 47.4 Å². The molecule has 290 valence electrons. The van der Waals surface area contributed by atoms with Crippen LogP contribution in [0, 0.1) is 6.92 Å².